The molecule has 2 heterocycles. The molecule has 0 radical (unpaired) electrons. The first-order valence-electron chi connectivity index (χ1n) is 9.36. The smallest absolute Gasteiger partial charge is 0.375 e. The van der Waals surface area contributed by atoms with Crippen molar-refractivity contribution in [3.8, 4) is 17.2 Å². The van der Waals surface area contributed by atoms with Gasteiger partial charge in [0.1, 0.15) is 11.3 Å². The fourth-order valence-corrected chi connectivity index (χ4v) is 3.24. The number of furan rings is 1. The van der Waals surface area contributed by atoms with Crippen molar-refractivity contribution in [3.63, 3.8) is 0 Å². The first-order chi connectivity index (χ1) is 14.9. The van der Waals surface area contributed by atoms with Gasteiger partial charge in [0.2, 0.25) is 12.6 Å². The van der Waals surface area contributed by atoms with Crippen LogP contribution in [0.4, 0.5) is 5.69 Å². The number of esters is 1. The van der Waals surface area contributed by atoms with Gasteiger partial charge in [-0.2, -0.15) is 0 Å². The van der Waals surface area contributed by atoms with Crippen molar-refractivity contribution < 1.29 is 37.7 Å². The quantitative estimate of drug-likeness (QED) is 0.472. The summed E-state index contributed by atoms with van der Waals surface area (Å²) in [5.74, 6) is -0.203. The maximum atomic E-state index is 12.5. The number of carbonyl (C=O) groups is 3. The molecule has 9 heteroatoms. The fourth-order valence-electron chi connectivity index (χ4n) is 3.24. The number of amides is 1. The maximum absolute atomic E-state index is 12.5. The lowest BCUT2D eigenvalue weighted by Gasteiger charge is -2.10. The Bertz CT molecular complexity index is 1210. The molecule has 3 aromatic rings. The first kappa shape index (κ1) is 20.3. The molecular formula is C22H19NO8. The summed E-state index contributed by atoms with van der Waals surface area (Å²) in [7, 11) is 1.54. The van der Waals surface area contributed by atoms with E-state index < -0.39 is 18.5 Å². The van der Waals surface area contributed by atoms with E-state index in [9.17, 15) is 14.4 Å². The molecule has 0 atom stereocenters. The molecule has 0 unspecified atom stereocenters. The number of hydrogen-bond donors (Lipinski definition) is 1. The summed E-state index contributed by atoms with van der Waals surface area (Å²) >= 11 is 0. The van der Waals surface area contributed by atoms with Crippen molar-refractivity contribution in [1.29, 1.82) is 0 Å². The van der Waals surface area contributed by atoms with E-state index in [4.69, 9.17) is 23.4 Å². The van der Waals surface area contributed by atoms with Gasteiger partial charge in [0, 0.05) is 22.6 Å². The molecule has 1 N–H and O–H groups in total. The first-order valence-corrected chi connectivity index (χ1v) is 9.36. The lowest BCUT2D eigenvalue weighted by molar-refractivity contribution is -0.119. The highest BCUT2D eigenvalue weighted by molar-refractivity contribution is 6.05. The van der Waals surface area contributed by atoms with Crippen molar-refractivity contribution in [2.75, 3.05) is 25.8 Å². The van der Waals surface area contributed by atoms with Gasteiger partial charge < -0.3 is 28.7 Å². The molecule has 0 fully saturated rings. The average molecular weight is 425 g/mol. The number of nitrogens with one attached hydrogen (secondary N) is 1. The Balaban J connectivity index is 1.46. The maximum Gasteiger partial charge on any atom is 0.375 e. The Morgan fingerprint density at radius 1 is 1.10 bits per heavy atom. The van der Waals surface area contributed by atoms with Gasteiger partial charge in [-0.05, 0) is 38.1 Å². The van der Waals surface area contributed by atoms with Crippen LogP contribution in [0.1, 0.15) is 33.4 Å². The molecular weight excluding hydrogens is 406 g/mol. The van der Waals surface area contributed by atoms with E-state index in [2.05, 4.69) is 5.32 Å². The number of fused-ring (bicyclic) bond motifs is 2. The van der Waals surface area contributed by atoms with Gasteiger partial charge >= 0.3 is 5.97 Å². The monoisotopic (exact) mass is 425 g/mol. The van der Waals surface area contributed by atoms with Gasteiger partial charge in [0.15, 0.2) is 23.9 Å². The Labute approximate surface area is 176 Å². The highest BCUT2D eigenvalue weighted by Crippen LogP contribution is 2.37. The van der Waals surface area contributed by atoms with E-state index in [0.29, 0.717) is 33.8 Å². The van der Waals surface area contributed by atoms with Crippen LogP contribution < -0.4 is 19.5 Å². The predicted octanol–water partition coefficient (Wildman–Crippen LogP) is 3.48. The number of rotatable bonds is 6. The van der Waals surface area contributed by atoms with E-state index in [1.54, 1.807) is 32.2 Å². The SMILES string of the molecule is COc1ccc2oc(C(=O)OCC(=O)Nc3cc4c(cc3C(C)=O)OCO4)c(C)c2c1. The number of hydrogen-bond acceptors (Lipinski definition) is 8. The summed E-state index contributed by atoms with van der Waals surface area (Å²) in [5.41, 5.74) is 1.57. The minimum Gasteiger partial charge on any atom is -0.497 e. The van der Waals surface area contributed by atoms with Gasteiger partial charge in [-0.1, -0.05) is 0 Å². The molecule has 1 amide bonds. The molecule has 31 heavy (non-hydrogen) atoms. The van der Waals surface area contributed by atoms with Gasteiger partial charge in [-0.25, -0.2) is 4.79 Å². The summed E-state index contributed by atoms with van der Waals surface area (Å²) < 4.78 is 26.4. The molecule has 0 aliphatic carbocycles. The summed E-state index contributed by atoms with van der Waals surface area (Å²) in [6, 6.07) is 8.15. The van der Waals surface area contributed by atoms with Crippen LogP contribution in [-0.2, 0) is 9.53 Å². The number of ketones is 1. The highest BCUT2D eigenvalue weighted by Gasteiger charge is 2.23. The van der Waals surface area contributed by atoms with Crippen molar-refractivity contribution in [2.45, 2.75) is 13.8 Å². The number of ether oxygens (including phenoxy) is 4. The van der Waals surface area contributed by atoms with E-state index in [1.807, 2.05) is 0 Å². The number of carbonyl (C=O) groups excluding carboxylic acids is 3. The second-order valence-corrected chi connectivity index (χ2v) is 6.85. The van der Waals surface area contributed by atoms with Crippen molar-refractivity contribution in [1.82, 2.24) is 0 Å². The molecule has 9 nitrogen and oxygen atoms in total. The molecule has 1 aliphatic rings. The van der Waals surface area contributed by atoms with E-state index in [-0.39, 0.29) is 29.6 Å². The minimum atomic E-state index is -0.778. The lowest BCUT2D eigenvalue weighted by Crippen LogP contribution is -2.22. The molecule has 1 aromatic heterocycles. The van der Waals surface area contributed by atoms with Crippen LogP contribution in [0.25, 0.3) is 11.0 Å². The molecule has 0 bridgehead atoms. The van der Waals surface area contributed by atoms with Gasteiger partial charge in [0.05, 0.1) is 12.8 Å². The van der Waals surface area contributed by atoms with Gasteiger partial charge in [-0.15, -0.1) is 0 Å². The summed E-state index contributed by atoms with van der Waals surface area (Å²) in [5, 5.41) is 3.28. The molecule has 0 spiro atoms. The van der Waals surface area contributed by atoms with Gasteiger partial charge in [-0.3, -0.25) is 9.59 Å². The van der Waals surface area contributed by atoms with Crippen molar-refractivity contribution in [2.24, 2.45) is 0 Å². The van der Waals surface area contributed by atoms with Crippen LogP contribution in [0.5, 0.6) is 17.2 Å². The second-order valence-electron chi connectivity index (χ2n) is 6.85. The van der Waals surface area contributed by atoms with E-state index in [0.717, 1.165) is 0 Å². The zero-order chi connectivity index (χ0) is 22.1. The third kappa shape index (κ3) is 3.89. The number of methoxy groups -OCH3 is 1. The average Bonchev–Trinajstić information content (AvgIpc) is 3.34. The minimum absolute atomic E-state index is 0.00329. The standard InChI is InChI=1S/C22H19NO8/c1-11-14-6-13(27-3)4-5-17(14)31-21(11)22(26)28-9-20(25)23-16-8-19-18(29-10-30-19)7-15(16)12(2)24/h4-8H,9-10H2,1-3H3,(H,23,25). The normalized spacial score (nSPS) is 12.0. The fraction of sp³-hybridized carbons (Fsp3) is 0.227. The largest absolute Gasteiger partial charge is 0.497 e. The van der Waals surface area contributed by atoms with E-state index >= 15 is 0 Å². The number of Topliss-reactive ketones (excluding diaryl/α,β-unsaturated/α-hetero) is 1. The second kappa shape index (κ2) is 8.02. The lowest BCUT2D eigenvalue weighted by atomic mass is 10.1. The van der Waals surface area contributed by atoms with Crippen molar-refractivity contribution >= 4 is 34.3 Å². The third-order valence-electron chi connectivity index (χ3n) is 4.83. The molecule has 1 aliphatic heterocycles. The Kier molecular flexibility index (Phi) is 5.24. The Hall–Kier alpha value is -4.01. The zero-order valence-electron chi connectivity index (χ0n) is 17.1. The number of benzene rings is 2. The van der Waals surface area contributed by atoms with Crippen molar-refractivity contribution in [3.05, 3.63) is 47.2 Å². The molecule has 0 saturated carbocycles. The Morgan fingerprint density at radius 3 is 2.55 bits per heavy atom. The predicted molar refractivity (Wildman–Crippen MR) is 109 cm³/mol. The summed E-state index contributed by atoms with van der Waals surface area (Å²) in [6.45, 7) is 2.55. The zero-order valence-corrected chi connectivity index (χ0v) is 17.1. The molecule has 4 rings (SSSR count). The van der Waals surface area contributed by atoms with Crippen LogP contribution in [0, 0.1) is 6.92 Å². The Morgan fingerprint density at radius 2 is 1.84 bits per heavy atom. The van der Waals surface area contributed by atoms with Gasteiger partial charge in [0.25, 0.3) is 5.91 Å². The highest BCUT2D eigenvalue weighted by atomic mass is 16.7. The molecule has 2 aromatic carbocycles. The van der Waals surface area contributed by atoms with Crippen LogP contribution in [0.15, 0.2) is 34.7 Å². The summed E-state index contributed by atoms with van der Waals surface area (Å²) in [4.78, 5) is 36.7. The topological polar surface area (TPSA) is 113 Å². The number of aryl methyl sites for hydroxylation is 1. The third-order valence-corrected chi connectivity index (χ3v) is 4.83. The molecule has 160 valence electrons. The van der Waals surface area contributed by atoms with Crippen LogP contribution >= 0.6 is 0 Å². The summed E-state index contributed by atoms with van der Waals surface area (Å²) in [6.07, 6.45) is 0. The van der Waals surface area contributed by atoms with Crippen LogP contribution in [0.2, 0.25) is 0 Å². The number of anilines is 1. The van der Waals surface area contributed by atoms with Crippen LogP contribution in [-0.4, -0.2) is 38.2 Å². The van der Waals surface area contributed by atoms with Crippen LogP contribution in [0.3, 0.4) is 0 Å². The molecule has 0 saturated heterocycles. The van der Waals surface area contributed by atoms with E-state index in [1.165, 1.54) is 19.1 Å².